The molecule has 0 saturated carbocycles. The van der Waals surface area contributed by atoms with E-state index in [1.165, 1.54) is 18.4 Å². The van der Waals surface area contributed by atoms with Crippen LogP contribution in [0.5, 0.6) is 0 Å². The Hall–Kier alpha value is -1.72. The molecular formula is C17H20N2O2S. The number of pyridine rings is 1. The summed E-state index contributed by atoms with van der Waals surface area (Å²) in [6, 6.07) is 7.01. The standard InChI is InChI=1S/C17H20N2O2S/c20-22(21,19-12-9-14-5-2-1-3-6-14)17-8-4-7-15-13-18-11-10-16(15)17/h4-5,7-8,10-11,13,19H,1-3,6,9,12H2. The third-order valence-corrected chi connectivity index (χ3v) is 5.57. The van der Waals surface area contributed by atoms with E-state index < -0.39 is 10.0 Å². The summed E-state index contributed by atoms with van der Waals surface area (Å²) in [5.74, 6) is 0. The zero-order chi connectivity index (χ0) is 15.4. The fourth-order valence-electron chi connectivity index (χ4n) is 2.88. The molecule has 0 spiro atoms. The van der Waals surface area contributed by atoms with Crippen LogP contribution in [0.25, 0.3) is 10.8 Å². The number of nitrogens with zero attached hydrogens (tertiary/aromatic N) is 1. The molecule has 1 aromatic heterocycles. The molecule has 0 unspecified atom stereocenters. The fourth-order valence-corrected chi connectivity index (χ4v) is 4.14. The van der Waals surface area contributed by atoms with Crippen molar-refractivity contribution in [2.45, 2.75) is 37.0 Å². The van der Waals surface area contributed by atoms with Crippen LogP contribution >= 0.6 is 0 Å². The molecule has 116 valence electrons. The molecule has 1 N–H and O–H groups in total. The number of hydrogen-bond donors (Lipinski definition) is 1. The zero-order valence-corrected chi connectivity index (χ0v) is 13.3. The molecule has 0 fully saturated rings. The van der Waals surface area contributed by atoms with Crippen molar-refractivity contribution in [3.63, 3.8) is 0 Å². The third-order valence-electron chi connectivity index (χ3n) is 4.05. The molecule has 0 bridgehead atoms. The summed E-state index contributed by atoms with van der Waals surface area (Å²) in [4.78, 5) is 4.36. The number of aromatic nitrogens is 1. The number of sulfonamides is 1. The molecule has 0 aliphatic heterocycles. The molecule has 0 radical (unpaired) electrons. The van der Waals surface area contributed by atoms with Crippen molar-refractivity contribution < 1.29 is 8.42 Å². The zero-order valence-electron chi connectivity index (χ0n) is 12.5. The van der Waals surface area contributed by atoms with Gasteiger partial charge in [0.1, 0.15) is 0 Å². The van der Waals surface area contributed by atoms with Crippen LogP contribution in [0.1, 0.15) is 32.1 Å². The second-order valence-corrected chi connectivity index (χ2v) is 7.34. The Labute approximate surface area is 131 Å². The molecule has 4 nitrogen and oxygen atoms in total. The lowest BCUT2D eigenvalue weighted by Gasteiger charge is -2.13. The average molecular weight is 316 g/mol. The molecule has 3 rings (SSSR count). The number of benzene rings is 1. The second kappa shape index (κ2) is 6.58. The highest BCUT2D eigenvalue weighted by Gasteiger charge is 2.16. The topological polar surface area (TPSA) is 59.1 Å². The van der Waals surface area contributed by atoms with Gasteiger partial charge in [0, 0.05) is 29.7 Å². The van der Waals surface area contributed by atoms with Crippen molar-refractivity contribution in [2.75, 3.05) is 6.54 Å². The van der Waals surface area contributed by atoms with Crippen molar-refractivity contribution in [1.29, 1.82) is 0 Å². The molecule has 2 aromatic rings. The SMILES string of the molecule is O=S(=O)(NCCC1=CCCCC1)c1cccc2cnccc12. The van der Waals surface area contributed by atoms with Crippen molar-refractivity contribution >= 4 is 20.8 Å². The highest BCUT2D eigenvalue weighted by Crippen LogP contribution is 2.23. The molecular weight excluding hydrogens is 296 g/mol. The lowest BCUT2D eigenvalue weighted by atomic mass is 9.97. The smallest absolute Gasteiger partial charge is 0.241 e. The number of allylic oxidation sites excluding steroid dienone is 1. The average Bonchev–Trinajstić information content (AvgIpc) is 2.55. The molecule has 5 heteroatoms. The van der Waals surface area contributed by atoms with E-state index in [0.29, 0.717) is 16.8 Å². The summed E-state index contributed by atoms with van der Waals surface area (Å²) < 4.78 is 27.8. The maximum atomic E-state index is 12.5. The summed E-state index contributed by atoms with van der Waals surface area (Å²) in [6.45, 7) is 0.454. The summed E-state index contributed by atoms with van der Waals surface area (Å²) in [6.07, 6.45) is 11.0. The molecule has 22 heavy (non-hydrogen) atoms. The van der Waals surface area contributed by atoms with E-state index in [2.05, 4.69) is 15.8 Å². The molecule has 1 aromatic carbocycles. The van der Waals surface area contributed by atoms with Gasteiger partial charge in [-0.05, 0) is 44.2 Å². The van der Waals surface area contributed by atoms with Crippen LogP contribution < -0.4 is 4.72 Å². The fraction of sp³-hybridized carbons (Fsp3) is 0.353. The van der Waals surface area contributed by atoms with Crippen LogP contribution in [0.3, 0.4) is 0 Å². The Bertz CT molecular complexity index is 792. The van der Waals surface area contributed by atoms with Crippen molar-refractivity contribution in [1.82, 2.24) is 9.71 Å². The van der Waals surface area contributed by atoms with Crippen LogP contribution in [0.15, 0.2) is 53.2 Å². The van der Waals surface area contributed by atoms with E-state index in [0.717, 1.165) is 24.6 Å². The summed E-state index contributed by atoms with van der Waals surface area (Å²) in [5, 5.41) is 1.54. The van der Waals surface area contributed by atoms with E-state index >= 15 is 0 Å². The molecule has 1 heterocycles. The molecule has 0 saturated heterocycles. The van der Waals surface area contributed by atoms with Crippen molar-refractivity contribution in [3.8, 4) is 0 Å². The van der Waals surface area contributed by atoms with E-state index in [1.807, 2.05) is 6.07 Å². The minimum atomic E-state index is -3.49. The van der Waals surface area contributed by atoms with Gasteiger partial charge in [-0.1, -0.05) is 23.8 Å². The van der Waals surface area contributed by atoms with E-state index in [-0.39, 0.29) is 0 Å². The van der Waals surface area contributed by atoms with Crippen molar-refractivity contribution in [2.24, 2.45) is 0 Å². The Morgan fingerprint density at radius 1 is 1.18 bits per heavy atom. The van der Waals surface area contributed by atoms with Gasteiger partial charge in [0.25, 0.3) is 0 Å². The monoisotopic (exact) mass is 316 g/mol. The number of nitrogens with one attached hydrogen (secondary N) is 1. The molecule has 1 aliphatic carbocycles. The van der Waals surface area contributed by atoms with Crippen molar-refractivity contribution in [3.05, 3.63) is 48.3 Å². The third kappa shape index (κ3) is 3.36. The van der Waals surface area contributed by atoms with Gasteiger partial charge in [-0.3, -0.25) is 4.98 Å². The van der Waals surface area contributed by atoms with Crippen LogP contribution in [0.2, 0.25) is 0 Å². The van der Waals surface area contributed by atoms with Gasteiger partial charge in [-0.25, -0.2) is 13.1 Å². The summed E-state index contributed by atoms with van der Waals surface area (Å²) >= 11 is 0. The number of hydrogen-bond acceptors (Lipinski definition) is 3. The first-order valence-electron chi connectivity index (χ1n) is 7.67. The van der Waals surface area contributed by atoms with Crippen LogP contribution in [-0.2, 0) is 10.0 Å². The normalized spacial score (nSPS) is 15.7. The predicted octanol–water partition coefficient (Wildman–Crippen LogP) is 3.40. The van der Waals surface area contributed by atoms with Gasteiger partial charge in [0.2, 0.25) is 10.0 Å². The van der Waals surface area contributed by atoms with Gasteiger partial charge < -0.3 is 0 Å². The Morgan fingerprint density at radius 3 is 2.91 bits per heavy atom. The lowest BCUT2D eigenvalue weighted by molar-refractivity contribution is 0.580. The Morgan fingerprint density at radius 2 is 2.09 bits per heavy atom. The van der Waals surface area contributed by atoms with E-state index in [4.69, 9.17) is 0 Å². The minimum Gasteiger partial charge on any atom is -0.264 e. The van der Waals surface area contributed by atoms with E-state index in [9.17, 15) is 8.42 Å². The Kier molecular flexibility index (Phi) is 4.55. The molecule has 1 aliphatic rings. The quantitative estimate of drug-likeness (QED) is 0.860. The maximum absolute atomic E-state index is 12.5. The maximum Gasteiger partial charge on any atom is 0.241 e. The molecule has 0 atom stereocenters. The first-order chi connectivity index (χ1) is 10.7. The first-order valence-corrected chi connectivity index (χ1v) is 9.15. The van der Waals surface area contributed by atoms with Crippen LogP contribution in [0.4, 0.5) is 0 Å². The molecule has 0 amide bonds. The predicted molar refractivity (Wildman–Crippen MR) is 88.1 cm³/mol. The van der Waals surface area contributed by atoms with Gasteiger partial charge in [-0.15, -0.1) is 0 Å². The highest BCUT2D eigenvalue weighted by molar-refractivity contribution is 7.89. The summed E-state index contributed by atoms with van der Waals surface area (Å²) in [7, 11) is -3.49. The first kappa shape index (κ1) is 15.2. The summed E-state index contributed by atoms with van der Waals surface area (Å²) in [5.41, 5.74) is 1.37. The van der Waals surface area contributed by atoms with Gasteiger partial charge >= 0.3 is 0 Å². The van der Waals surface area contributed by atoms with Gasteiger partial charge in [0.15, 0.2) is 0 Å². The number of fused-ring (bicyclic) bond motifs is 1. The lowest BCUT2D eigenvalue weighted by Crippen LogP contribution is -2.25. The van der Waals surface area contributed by atoms with Gasteiger partial charge in [0.05, 0.1) is 4.90 Å². The van der Waals surface area contributed by atoms with E-state index in [1.54, 1.807) is 30.6 Å². The Balaban J connectivity index is 1.75. The van der Waals surface area contributed by atoms with Gasteiger partial charge in [-0.2, -0.15) is 0 Å². The largest absolute Gasteiger partial charge is 0.264 e. The second-order valence-electron chi connectivity index (χ2n) is 5.61. The van der Waals surface area contributed by atoms with Crippen LogP contribution in [0, 0.1) is 0 Å². The highest BCUT2D eigenvalue weighted by atomic mass is 32.2. The minimum absolute atomic E-state index is 0.324. The van der Waals surface area contributed by atoms with Crippen LogP contribution in [-0.4, -0.2) is 19.9 Å². The number of rotatable bonds is 5.